The average molecular weight is 506 g/mol. The van der Waals surface area contributed by atoms with Gasteiger partial charge in [0.15, 0.2) is 0 Å². The first kappa shape index (κ1) is 25.1. The number of aryl methyl sites for hydroxylation is 1. The Morgan fingerprint density at radius 3 is 2.37 bits per heavy atom. The van der Waals surface area contributed by atoms with Gasteiger partial charge >= 0.3 is 0 Å². The van der Waals surface area contributed by atoms with Crippen molar-refractivity contribution in [2.45, 2.75) is 32.7 Å². The molecule has 0 radical (unpaired) electrons. The number of imidazole rings is 1. The Balaban J connectivity index is 1.50. The second-order valence-corrected chi connectivity index (χ2v) is 9.51. The molecule has 38 heavy (non-hydrogen) atoms. The lowest BCUT2D eigenvalue weighted by molar-refractivity contribution is 0.0817. The summed E-state index contributed by atoms with van der Waals surface area (Å²) in [4.78, 5) is 19.0. The summed E-state index contributed by atoms with van der Waals surface area (Å²) in [6.07, 6.45) is 4.65. The van der Waals surface area contributed by atoms with Gasteiger partial charge in [0.1, 0.15) is 11.5 Å². The summed E-state index contributed by atoms with van der Waals surface area (Å²) < 4.78 is 2.05. The number of benzene rings is 3. The van der Waals surface area contributed by atoms with E-state index in [1.54, 1.807) is 25.2 Å². The summed E-state index contributed by atoms with van der Waals surface area (Å²) in [6, 6.07) is 25.0. The van der Waals surface area contributed by atoms with Gasteiger partial charge in [-0.05, 0) is 51.6 Å². The second-order valence-electron chi connectivity index (χ2n) is 9.51. The van der Waals surface area contributed by atoms with Gasteiger partial charge in [-0.15, -0.1) is 10.2 Å². The van der Waals surface area contributed by atoms with Crippen LogP contribution in [0.4, 0.5) is 0 Å². The molecule has 1 amide bonds. The maximum absolute atomic E-state index is 12.8. The monoisotopic (exact) mass is 505 g/mol. The topological polar surface area (TPSA) is 92.6 Å². The van der Waals surface area contributed by atoms with Crippen LogP contribution in [-0.4, -0.2) is 55.1 Å². The van der Waals surface area contributed by atoms with Crippen molar-refractivity contribution in [3.05, 3.63) is 96.1 Å². The van der Waals surface area contributed by atoms with Crippen molar-refractivity contribution < 1.29 is 4.79 Å². The number of rotatable bonds is 9. The van der Waals surface area contributed by atoms with Crippen molar-refractivity contribution in [2.75, 3.05) is 14.1 Å². The van der Waals surface area contributed by atoms with Crippen LogP contribution in [0.5, 0.6) is 0 Å². The van der Waals surface area contributed by atoms with E-state index >= 15 is 0 Å². The lowest BCUT2D eigenvalue weighted by Gasteiger charge is -2.16. The van der Waals surface area contributed by atoms with E-state index in [2.05, 4.69) is 81.1 Å². The first-order chi connectivity index (χ1) is 18.5. The highest BCUT2D eigenvalue weighted by molar-refractivity contribution is 5.92. The zero-order valence-corrected chi connectivity index (χ0v) is 21.9. The van der Waals surface area contributed by atoms with Gasteiger partial charge in [-0.2, -0.15) is 5.21 Å². The van der Waals surface area contributed by atoms with Crippen LogP contribution >= 0.6 is 0 Å². The van der Waals surface area contributed by atoms with Crippen LogP contribution in [0.3, 0.4) is 0 Å². The Bertz CT molecular complexity index is 1500. The van der Waals surface area contributed by atoms with Crippen LogP contribution in [0.25, 0.3) is 33.6 Å². The quantitative estimate of drug-likeness (QED) is 0.286. The van der Waals surface area contributed by atoms with E-state index in [1.165, 1.54) is 0 Å². The summed E-state index contributed by atoms with van der Waals surface area (Å²) in [5.74, 6) is 1.45. The molecule has 5 aromatic rings. The number of hydrogen-bond donors (Lipinski definition) is 1. The van der Waals surface area contributed by atoms with Gasteiger partial charge in [-0.25, -0.2) is 4.98 Å². The third-order valence-electron chi connectivity index (χ3n) is 6.64. The molecule has 0 fully saturated rings. The fraction of sp³-hybridized carbons (Fsp3) is 0.233. The van der Waals surface area contributed by atoms with Gasteiger partial charge in [-0.3, -0.25) is 4.79 Å². The van der Waals surface area contributed by atoms with Crippen LogP contribution in [0, 0.1) is 0 Å². The highest BCUT2D eigenvalue weighted by atomic mass is 16.2. The Kier molecular flexibility index (Phi) is 7.40. The Hall–Kier alpha value is -4.59. The van der Waals surface area contributed by atoms with Gasteiger partial charge in [0.2, 0.25) is 5.82 Å². The standard InChI is InChI=1S/C30H31N7O/c1-4-5-11-28-31-19-27(30(38)36(2)3)37(28)20-21-12-14-23(15-13-21)26-18-24(22-9-7-6-8-10-22)16-17-25(26)29-32-34-35-33-29/h6-10,12-19H,4-5,11,20H2,1-3H3,(H,32,33,34,35). The summed E-state index contributed by atoms with van der Waals surface area (Å²) in [5, 5.41) is 14.8. The van der Waals surface area contributed by atoms with E-state index in [0.717, 1.165) is 58.5 Å². The number of unbranched alkanes of at least 4 members (excludes halogenated alkanes) is 1. The molecule has 0 unspecified atom stereocenters. The first-order valence-electron chi connectivity index (χ1n) is 12.8. The maximum Gasteiger partial charge on any atom is 0.271 e. The Labute approximate surface area is 222 Å². The molecule has 192 valence electrons. The van der Waals surface area contributed by atoms with Crippen molar-refractivity contribution in [2.24, 2.45) is 0 Å². The maximum atomic E-state index is 12.8. The molecule has 1 N–H and O–H groups in total. The molecule has 3 aromatic carbocycles. The molecular formula is C30H31N7O. The highest BCUT2D eigenvalue weighted by Gasteiger charge is 2.19. The number of tetrazole rings is 1. The molecule has 8 heteroatoms. The molecule has 0 bridgehead atoms. The third kappa shape index (κ3) is 5.25. The number of carbonyl (C=O) groups is 1. The number of aromatic nitrogens is 6. The third-order valence-corrected chi connectivity index (χ3v) is 6.64. The van der Waals surface area contributed by atoms with E-state index in [-0.39, 0.29) is 5.91 Å². The fourth-order valence-electron chi connectivity index (χ4n) is 4.56. The SMILES string of the molecule is CCCCc1ncc(C(=O)N(C)C)n1Cc1ccc(-c2cc(-c3ccccc3)ccc2-c2nn[nH]n2)cc1. The molecule has 0 saturated heterocycles. The van der Waals surface area contributed by atoms with Crippen molar-refractivity contribution in [3.8, 4) is 33.6 Å². The molecule has 0 aliphatic rings. The number of amides is 1. The molecule has 8 nitrogen and oxygen atoms in total. The van der Waals surface area contributed by atoms with Crippen LogP contribution < -0.4 is 0 Å². The minimum Gasteiger partial charge on any atom is -0.343 e. The first-order valence-corrected chi connectivity index (χ1v) is 12.8. The minimum absolute atomic E-state index is 0.0423. The molecule has 0 saturated carbocycles. The molecule has 0 aliphatic heterocycles. The molecule has 5 rings (SSSR count). The number of nitrogens with one attached hydrogen (secondary N) is 1. The van der Waals surface area contributed by atoms with Crippen LogP contribution in [0.15, 0.2) is 79.0 Å². The van der Waals surface area contributed by atoms with E-state index in [1.807, 2.05) is 28.8 Å². The molecule has 2 aromatic heterocycles. The lowest BCUT2D eigenvalue weighted by atomic mass is 9.93. The minimum atomic E-state index is -0.0423. The normalized spacial score (nSPS) is 11.0. The van der Waals surface area contributed by atoms with Crippen molar-refractivity contribution in [1.82, 2.24) is 35.1 Å². The molecule has 0 atom stereocenters. The summed E-state index contributed by atoms with van der Waals surface area (Å²) in [6.45, 7) is 2.74. The molecular weight excluding hydrogens is 474 g/mol. The number of aromatic amines is 1. The Morgan fingerprint density at radius 2 is 1.68 bits per heavy atom. The zero-order valence-electron chi connectivity index (χ0n) is 21.9. The molecule has 0 aliphatic carbocycles. The summed E-state index contributed by atoms with van der Waals surface area (Å²) in [5.41, 5.74) is 6.94. The van der Waals surface area contributed by atoms with Crippen LogP contribution in [-0.2, 0) is 13.0 Å². The zero-order chi connectivity index (χ0) is 26.5. The van der Waals surface area contributed by atoms with Crippen molar-refractivity contribution >= 4 is 5.91 Å². The smallest absolute Gasteiger partial charge is 0.271 e. The van der Waals surface area contributed by atoms with Gasteiger partial charge in [0.25, 0.3) is 5.91 Å². The predicted molar refractivity (Wildman–Crippen MR) is 148 cm³/mol. The number of hydrogen-bond acceptors (Lipinski definition) is 5. The van der Waals surface area contributed by atoms with E-state index in [0.29, 0.717) is 18.1 Å². The predicted octanol–water partition coefficient (Wildman–Crippen LogP) is 5.49. The van der Waals surface area contributed by atoms with E-state index in [4.69, 9.17) is 0 Å². The largest absolute Gasteiger partial charge is 0.343 e. The van der Waals surface area contributed by atoms with Crippen molar-refractivity contribution in [1.29, 1.82) is 0 Å². The fourth-order valence-corrected chi connectivity index (χ4v) is 4.56. The van der Waals surface area contributed by atoms with E-state index in [9.17, 15) is 4.79 Å². The van der Waals surface area contributed by atoms with Crippen LogP contribution in [0.1, 0.15) is 41.6 Å². The number of nitrogens with zero attached hydrogens (tertiary/aromatic N) is 6. The van der Waals surface area contributed by atoms with Gasteiger partial charge in [0.05, 0.1) is 6.20 Å². The molecule has 0 spiro atoms. The van der Waals surface area contributed by atoms with Crippen LogP contribution in [0.2, 0.25) is 0 Å². The molecule has 2 heterocycles. The van der Waals surface area contributed by atoms with Crippen molar-refractivity contribution in [3.63, 3.8) is 0 Å². The number of carbonyl (C=O) groups excluding carboxylic acids is 1. The van der Waals surface area contributed by atoms with Gasteiger partial charge < -0.3 is 9.47 Å². The van der Waals surface area contributed by atoms with Gasteiger partial charge in [0, 0.05) is 32.6 Å². The second kappa shape index (κ2) is 11.2. The Morgan fingerprint density at radius 1 is 0.921 bits per heavy atom. The van der Waals surface area contributed by atoms with Gasteiger partial charge in [-0.1, -0.05) is 74.0 Å². The highest BCUT2D eigenvalue weighted by Crippen LogP contribution is 2.34. The lowest BCUT2D eigenvalue weighted by Crippen LogP contribution is -2.25. The summed E-state index contributed by atoms with van der Waals surface area (Å²) >= 11 is 0. The average Bonchev–Trinajstić information content (AvgIpc) is 3.63. The number of H-pyrrole nitrogens is 1. The summed E-state index contributed by atoms with van der Waals surface area (Å²) in [7, 11) is 3.54. The van der Waals surface area contributed by atoms with E-state index < -0.39 is 0 Å².